The maximum absolute atomic E-state index is 8.88. The molecule has 0 aromatic rings. The molecule has 0 aliphatic rings. The van der Waals surface area contributed by atoms with E-state index in [0.717, 1.165) is 17.9 Å². The van der Waals surface area contributed by atoms with Crippen molar-refractivity contribution in [1.29, 1.82) is 0 Å². The summed E-state index contributed by atoms with van der Waals surface area (Å²) >= 11 is 1.72. The zero-order valence-electron chi connectivity index (χ0n) is 6.71. The van der Waals surface area contributed by atoms with Crippen LogP contribution in [0.5, 0.6) is 0 Å². The number of aliphatic hydroxyl groups is 1. The van der Waals surface area contributed by atoms with Crippen molar-refractivity contribution in [2.24, 2.45) is 5.73 Å². The van der Waals surface area contributed by atoms with E-state index in [1.807, 2.05) is 0 Å². The molecule has 0 rings (SSSR count). The van der Waals surface area contributed by atoms with Crippen molar-refractivity contribution in [3.05, 3.63) is 0 Å². The third-order valence-electron chi connectivity index (χ3n) is 1.22. The largest absolute Gasteiger partial charge is 0.393 e. The van der Waals surface area contributed by atoms with Crippen molar-refractivity contribution in [3.8, 4) is 0 Å². The van der Waals surface area contributed by atoms with E-state index in [1.165, 1.54) is 0 Å². The minimum absolute atomic E-state index is 0.200. The summed E-state index contributed by atoms with van der Waals surface area (Å²) in [6.07, 6.45) is 0.821. The van der Waals surface area contributed by atoms with E-state index in [4.69, 9.17) is 10.8 Å². The summed E-state index contributed by atoms with van der Waals surface area (Å²) in [4.78, 5) is 0. The zero-order valence-corrected chi connectivity index (χ0v) is 7.53. The Bertz CT molecular complexity index is 78.0. The molecule has 0 fully saturated rings. The molecule has 0 aromatic heterocycles. The van der Waals surface area contributed by atoms with Crippen LogP contribution in [-0.2, 0) is 0 Å². The predicted molar refractivity (Wildman–Crippen MR) is 47.3 cm³/mol. The van der Waals surface area contributed by atoms with Gasteiger partial charge in [-0.25, -0.2) is 0 Å². The average Bonchev–Trinajstić information content (AvgIpc) is 1.87. The second-order valence-corrected chi connectivity index (χ2v) is 3.63. The lowest BCUT2D eigenvalue weighted by molar-refractivity contribution is 0.220. The van der Waals surface area contributed by atoms with Crippen LogP contribution in [0.15, 0.2) is 0 Å². The van der Waals surface area contributed by atoms with Crippen molar-refractivity contribution in [2.75, 3.05) is 11.5 Å². The summed E-state index contributed by atoms with van der Waals surface area (Å²) in [5.74, 6) is 1.76. The van der Waals surface area contributed by atoms with E-state index in [1.54, 1.807) is 18.7 Å². The predicted octanol–water partition coefficient (Wildman–Crippen LogP) is 0.838. The Morgan fingerprint density at radius 3 is 2.50 bits per heavy atom. The Labute approximate surface area is 67.2 Å². The molecule has 62 valence electrons. The number of nitrogens with two attached hydrogens (primary N) is 1. The summed E-state index contributed by atoms with van der Waals surface area (Å²) in [6, 6.07) is 0.295. The second kappa shape index (κ2) is 6.01. The minimum atomic E-state index is -0.200. The molecule has 2 unspecified atom stereocenters. The highest BCUT2D eigenvalue weighted by Gasteiger charge is 2.00. The maximum atomic E-state index is 8.88. The fourth-order valence-corrected chi connectivity index (χ4v) is 1.52. The van der Waals surface area contributed by atoms with Crippen LogP contribution in [0.1, 0.15) is 20.3 Å². The second-order valence-electron chi connectivity index (χ2n) is 2.55. The number of hydrogen-bond acceptors (Lipinski definition) is 3. The smallest absolute Gasteiger partial charge is 0.0602 e. The Balaban J connectivity index is 3.03. The first-order chi connectivity index (χ1) is 4.66. The summed E-state index contributed by atoms with van der Waals surface area (Å²) in [5.41, 5.74) is 5.66. The first-order valence-corrected chi connectivity index (χ1v) is 4.83. The monoisotopic (exact) mass is 163 g/mol. The highest BCUT2D eigenvalue weighted by molar-refractivity contribution is 7.99. The molecule has 0 spiro atoms. The number of aliphatic hydroxyl groups excluding tert-OH is 1. The Kier molecular flexibility index (Phi) is 6.17. The molecule has 0 radical (unpaired) electrons. The lowest BCUT2D eigenvalue weighted by Crippen LogP contribution is -2.22. The van der Waals surface area contributed by atoms with E-state index in [-0.39, 0.29) is 6.10 Å². The van der Waals surface area contributed by atoms with E-state index in [0.29, 0.717) is 6.04 Å². The number of rotatable bonds is 5. The van der Waals surface area contributed by atoms with Crippen molar-refractivity contribution in [1.82, 2.24) is 0 Å². The van der Waals surface area contributed by atoms with Gasteiger partial charge in [0, 0.05) is 17.5 Å². The van der Waals surface area contributed by atoms with Crippen molar-refractivity contribution < 1.29 is 5.11 Å². The van der Waals surface area contributed by atoms with Gasteiger partial charge >= 0.3 is 0 Å². The molecule has 0 bridgehead atoms. The molecule has 0 saturated carbocycles. The van der Waals surface area contributed by atoms with Crippen molar-refractivity contribution in [2.45, 2.75) is 32.4 Å². The highest BCUT2D eigenvalue weighted by Crippen LogP contribution is 2.05. The van der Waals surface area contributed by atoms with Crippen LogP contribution < -0.4 is 5.73 Å². The Morgan fingerprint density at radius 2 is 2.10 bits per heavy atom. The van der Waals surface area contributed by atoms with Gasteiger partial charge in [0.25, 0.3) is 0 Å². The summed E-state index contributed by atoms with van der Waals surface area (Å²) in [6.45, 7) is 3.87. The van der Waals surface area contributed by atoms with E-state index >= 15 is 0 Å². The molecule has 0 heterocycles. The third-order valence-corrected chi connectivity index (χ3v) is 2.60. The van der Waals surface area contributed by atoms with Crippen LogP contribution in [0.4, 0.5) is 0 Å². The maximum Gasteiger partial charge on any atom is 0.0602 e. The number of thioether (sulfide) groups is 1. The fraction of sp³-hybridized carbons (Fsp3) is 1.00. The summed E-state index contributed by atoms with van der Waals surface area (Å²) in [5, 5.41) is 8.88. The Morgan fingerprint density at radius 1 is 1.50 bits per heavy atom. The first-order valence-electron chi connectivity index (χ1n) is 3.68. The molecular formula is C7H17NOS. The van der Waals surface area contributed by atoms with Crippen LogP contribution >= 0.6 is 11.8 Å². The molecule has 10 heavy (non-hydrogen) atoms. The fourth-order valence-electron chi connectivity index (χ4n) is 0.508. The third kappa shape index (κ3) is 6.39. The summed E-state index contributed by atoms with van der Waals surface area (Å²) < 4.78 is 0. The topological polar surface area (TPSA) is 46.2 Å². The molecule has 0 amide bonds. The van der Waals surface area contributed by atoms with Crippen LogP contribution in [-0.4, -0.2) is 28.8 Å². The van der Waals surface area contributed by atoms with Gasteiger partial charge in [-0.15, -0.1) is 0 Å². The van der Waals surface area contributed by atoms with Gasteiger partial charge in [-0.1, -0.05) is 6.92 Å². The van der Waals surface area contributed by atoms with Crippen molar-refractivity contribution in [3.63, 3.8) is 0 Å². The van der Waals surface area contributed by atoms with Crippen LogP contribution in [0.3, 0.4) is 0 Å². The first kappa shape index (κ1) is 10.3. The quantitative estimate of drug-likeness (QED) is 0.631. The Hall–Kier alpha value is 0.270. The lowest BCUT2D eigenvalue weighted by Gasteiger charge is -2.08. The van der Waals surface area contributed by atoms with Gasteiger partial charge in [-0.2, -0.15) is 11.8 Å². The molecule has 0 saturated heterocycles. The van der Waals surface area contributed by atoms with E-state index in [9.17, 15) is 0 Å². The van der Waals surface area contributed by atoms with Crippen LogP contribution in [0.2, 0.25) is 0 Å². The highest BCUT2D eigenvalue weighted by atomic mass is 32.2. The molecular weight excluding hydrogens is 146 g/mol. The normalized spacial score (nSPS) is 16.8. The van der Waals surface area contributed by atoms with Gasteiger partial charge in [-0.05, 0) is 13.3 Å². The molecule has 2 nitrogen and oxygen atoms in total. The molecule has 0 aromatic carbocycles. The molecule has 3 heteroatoms. The standard InChI is InChI=1S/C7H17NOS/c1-3-7(8)5-10-4-6(2)9/h6-7,9H,3-5,8H2,1-2H3. The van der Waals surface area contributed by atoms with Crippen LogP contribution in [0, 0.1) is 0 Å². The molecule has 3 N–H and O–H groups in total. The van der Waals surface area contributed by atoms with E-state index in [2.05, 4.69) is 6.92 Å². The van der Waals surface area contributed by atoms with Gasteiger partial charge in [0.05, 0.1) is 6.10 Å². The average molecular weight is 163 g/mol. The van der Waals surface area contributed by atoms with Gasteiger partial charge < -0.3 is 10.8 Å². The summed E-state index contributed by atoms with van der Waals surface area (Å²) in [7, 11) is 0. The molecule has 0 aliphatic carbocycles. The van der Waals surface area contributed by atoms with Crippen molar-refractivity contribution >= 4 is 11.8 Å². The van der Waals surface area contributed by atoms with Gasteiger partial charge in [-0.3, -0.25) is 0 Å². The zero-order chi connectivity index (χ0) is 7.98. The van der Waals surface area contributed by atoms with Crippen LogP contribution in [0.25, 0.3) is 0 Å². The van der Waals surface area contributed by atoms with Gasteiger partial charge in [0.1, 0.15) is 0 Å². The molecule has 0 aliphatic heterocycles. The molecule has 2 atom stereocenters. The lowest BCUT2D eigenvalue weighted by atomic mass is 10.3. The minimum Gasteiger partial charge on any atom is -0.393 e. The SMILES string of the molecule is CCC(N)CSCC(C)O. The van der Waals surface area contributed by atoms with Gasteiger partial charge in [0.2, 0.25) is 0 Å². The van der Waals surface area contributed by atoms with Gasteiger partial charge in [0.15, 0.2) is 0 Å². The number of hydrogen-bond donors (Lipinski definition) is 2. The van der Waals surface area contributed by atoms with E-state index < -0.39 is 0 Å².